The van der Waals surface area contributed by atoms with Gasteiger partial charge >= 0.3 is 0 Å². The molecule has 2 aliphatic heterocycles. The molecular formula is C22H38N6O. The van der Waals surface area contributed by atoms with Gasteiger partial charge in [0.05, 0.1) is 13.7 Å². The molecule has 0 saturated carbocycles. The molecule has 7 heteroatoms. The van der Waals surface area contributed by atoms with Crippen molar-refractivity contribution in [3.8, 4) is 5.75 Å². The maximum Gasteiger partial charge on any atom is 0.188 e. The third kappa shape index (κ3) is 6.51. The van der Waals surface area contributed by atoms with E-state index in [1.54, 1.807) is 7.11 Å². The third-order valence-corrected chi connectivity index (χ3v) is 6.14. The molecule has 0 bridgehead atoms. The summed E-state index contributed by atoms with van der Waals surface area (Å²) in [7, 11) is 1.71. The molecule has 1 aromatic rings. The lowest BCUT2D eigenvalue weighted by atomic mass is 10.2. The highest BCUT2D eigenvalue weighted by Gasteiger charge is 2.22. The second-order valence-electron chi connectivity index (χ2n) is 7.96. The Morgan fingerprint density at radius 2 is 1.93 bits per heavy atom. The number of likely N-dealkylation sites (N-methyl/N-ethyl adjacent to an activating group) is 1. The van der Waals surface area contributed by atoms with E-state index in [9.17, 15) is 0 Å². The number of benzene rings is 1. The Morgan fingerprint density at radius 1 is 1.17 bits per heavy atom. The van der Waals surface area contributed by atoms with Crippen LogP contribution in [-0.2, 0) is 0 Å². The normalized spacial score (nSPS) is 21.5. The van der Waals surface area contributed by atoms with Gasteiger partial charge in [-0.15, -0.1) is 0 Å². The molecule has 3 N–H and O–H groups in total. The van der Waals surface area contributed by atoms with Crippen molar-refractivity contribution in [2.75, 3.05) is 70.9 Å². The summed E-state index contributed by atoms with van der Waals surface area (Å²) in [6, 6.07) is 8.93. The molecule has 2 aliphatic rings. The van der Waals surface area contributed by atoms with Crippen LogP contribution in [0.25, 0.3) is 0 Å². The Bertz CT molecular complexity index is 627. The van der Waals surface area contributed by atoms with Gasteiger partial charge in [-0.05, 0) is 63.2 Å². The highest BCUT2D eigenvalue weighted by Crippen LogP contribution is 2.20. The van der Waals surface area contributed by atoms with Crippen LogP contribution in [0.3, 0.4) is 0 Å². The van der Waals surface area contributed by atoms with Gasteiger partial charge in [-0.1, -0.05) is 6.92 Å². The zero-order valence-electron chi connectivity index (χ0n) is 18.1. The Labute approximate surface area is 175 Å². The van der Waals surface area contributed by atoms with Crippen LogP contribution in [0, 0.1) is 0 Å². The molecule has 0 aromatic heterocycles. The largest absolute Gasteiger partial charge is 0.497 e. The van der Waals surface area contributed by atoms with Crippen LogP contribution < -0.4 is 20.7 Å². The van der Waals surface area contributed by atoms with Crippen molar-refractivity contribution in [3.63, 3.8) is 0 Å². The lowest BCUT2D eigenvalue weighted by Crippen LogP contribution is -2.47. The summed E-state index contributed by atoms with van der Waals surface area (Å²) < 4.78 is 5.24. The zero-order valence-corrected chi connectivity index (χ0v) is 18.1. The summed E-state index contributed by atoms with van der Waals surface area (Å²) in [5.74, 6) is 1.51. The predicted octanol–water partition coefficient (Wildman–Crippen LogP) is 1.60. The first kappa shape index (κ1) is 21.7. The summed E-state index contributed by atoms with van der Waals surface area (Å²) in [6.07, 6.45) is 3.61. The first-order valence-electron chi connectivity index (χ1n) is 11.1. The molecule has 0 radical (unpaired) electrons. The number of rotatable bonds is 9. The van der Waals surface area contributed by atoms with E-state index >= 15 is 0 Å². The van der Waals surface area contributed by atoms with Crippen LogP contribution in [0.2, 0.25) is 0 Å². The van der Waals surface area contributed by atoms with Crippen LogP contribution in [0.4, 0.5) is 5.69 Å². The average Bonchev–Trinajstić information content (AvgIpc) is 3.23. The monoisotopic (exact) mass is 402 g/mol. The molecular weight excluding hydrogens is 364 g/mol. The fourth-order valence-electron chi connectivity index (χ4n) is 4.32. The van der Waals surface area contributed by atoms with Crippen molar-refractivity contribution in [1.29, 1.82) is 0 Å². The molecule has 1 aromatic carbocycles. The lowest BCUT2D eigenvalue weighted by Gasteiger charge is -2.36. The van der Waals surface area contributed by atoms with Crippen molar-refractivity contribution in [2.24, 2.45) is 10.7 Å². The summed E-state index contributed by atoms with van der Waals surface area (Å²) in [5.41, 5.74) is 7.33. The molecule has 2 fully saturated rings. The van der Waals surface area contributed by atoms with E-state index < -0.39 is 0 Å². The van der Waals surface area contributed by atoms with Crippen molar-refractivity contribution < 1.29 is 4.74 Å². The number of aliphatic imine (C=N–C) groups is 1. The minimum absolute atomic E-state index is 0.572. The molecule has 2 saturated heterocycles. The Morgan fingerprint density at radius 3 is 2.62 bits per heavy atom. The second-order valence-corrected chi connectivity index (χ2v) is 7.96. The van der Waals surface area contributed by atoms with Crippen molar-refractivity contribution in [2.45, 2.75) is 32.2 Å². The summed E-state index contributed by atoms with van der Waals surface area (Å²) in [6.45, 7) is 11.7. The number of nitrogens with two attached hydrogens (primary N) is 1. The van der Waals surface area contributed by atoms with E-state index in [4.69, 9.17) is 10.5 Å². The van der Waals surface area contributed by atoms with Gasteiger partial charge in [0.1, 0.15) is 5.75 Å². The molecule has 3 rings (SSSR count). The standard InChI is InChI=1S/C22H38N6O/c1-3-27-13-4-6-20(27)18-25-22(23)24-11-5-12-26-14-16-28(17-15-26)19-7-9-21(29-2)10-8-19/h7-10,20H,3-6,11-18H2,1-2H3,(H3,23,24,25). The van der Waals surface area contributed by atoms with Crippen molar-refractivity contribution in [1.82, 2.24) is 15.1 Å². The minimum atomic E-state index is 0.572. The number of hydrogen-bond donors (Lipinski definition) is 2. The number of guanidine groups is 1. The Balaban J connectivity index is 1.29. The van der Waals surface area contributed by atoms with Crippen LogP contribution in [0.5, 0.6) is 5.75 Å². The number of hydrogen-bond acceptors (Lipinski definition) is 5. The van der Waals surface area contributed by atoms with Gasteiger partial charge in [-0.3, -0.25) is 14.8 Å². The molecule has 29 heavy (non-hydrogen) atoms. The molecule has 0 amide bonds. The molecule has 7 nitrogen and oxygen atoms in total. The Kier molecular flexibility index (Phi) is 8.43. The first-order valence-corrected chi connectivity index (χ1v) is 11.1. The number of likely N-dealkylation sites (tertiary alicyclic amines) is 1. The summed E-state index contributed by atoms with van der Waals surface area (Å²) in [5, 5.41) is 3.28. The predicted molar refractivity (Wildman–Crippen MR) is 121 cm³/mol. The third-order valence-electron chi connectivity index (χ3n) is 6.14. The highest BCUT2D eigenvalue weighted by molar-refractivity contribution is 5.77. The molecule has 0 spiro atoms. The van der Waals surface area contributed by atoms with E-state index in [1.165, 1.54) is 25.1 Å². The number of nitrogens with one attached hydrogen (secondary N) is 1. The first-order chi connectivity index (χ1) is 14.2. The Hall–Kier alpha value is -1.99. The van der Waals surface area contributed by atoms with Gasteiger partial charge in [0.2, 0.25) is 0 Å². The van der Waals surface area contributed by atoms with Crippen LogP contribution in [0.15, 0.2) is 29.3 Å². The molecule has 1 unspecified atom stereocenters. The quantitative estimate of drug-likeness (QED) is 0.371. The van der Waals surface area contributed by atoms with Crippen LogP contribution >= 0.6 is 0 Å². The minimum Gasteiger partial charge on any atom is -0.497 e. The van der Waals surface area contributed by atoms with Gasteiger partial charge < -0.3 is 20.7 Å². The van der Waals surface area contributed by atoms with E-state index in [0.717, 1.165) is 64.5 Å². The SMILES string of the molecule is CCN1CCCC1CN=C(N)NCCCN1CCN(c2ccc(OC)cc2)CC1. The van der Waals surface area contributed by atoms with Gasteiger partial charge in [-0.2, -0.15) is 0 Å². The zero-order chi connectivity index (χ0) is 20.5. The topological polar surface area (TPSA) is 69.4 Å². The van der Waals surface area contributed by atoms with Crippen molar-refractivity contribution >= 4 is 11.6 Å². The van der Waals surface area contributed by atoms with Crippen LogP contribution in [-0.4, -0.2) is 87.8 Å². The molecule has 1 atom stereocenters. The van der Waals surface area contributed by atoms with E-state index in [1.807, 2.05) is 12.1 Å². The highest BCUT2D eigenvalue weighted by atomic mass is 16.5. The number of methoxy groups -OCH3 is 1. The molecule has 0 aliphatic carbocycles. The smallest absolute Gasteiger partial charge is 0.188 e. The van der Waals surface area contributed by atoms with Crippen molar-refractivity contribution in [3.05, 3.63) is 24.3 Å². The van der Waals surface area contributed by atoms with Gasteiger partial charge in [0, 0.05) is 44.5 Å². The van der Waals surface area contributed by atoms with E-state index in [0.29, 0.717) is 12.0 Å². The summed E-state index contributed by atoms with van der Waals surface area (Å²) >= 11 is 0. The van der Waals surface area contributed by atoms with Gasteiger partial charge in [0.25, 0.3) is 0 Å². The molecule has 162 valence electrons. The number of nitrogens with zero attached hydrogens (tertiary/aromatic N) is 4. The fourth-order valence-corrected chi connectivity index (χ4v) is 4.32. The van der Waals surface area contributed by atoms with E-state index in [2.05, 4.69) is 44.1 Å². The number of anilines is 1. The average molecular weight is 403 g/mol. The van der Waals surface area contributed by atoms with Gasteiger partial charge in [0.15, 0.2) is 5.96 Å². The molecule has 2 heterocycles. The fraction of sp³-hybridized carbons (Fsp3) is 0.682. The maximum atomic E-state index is 6.05. The number of ether oxygens (including phenoxy) is 1. The maximum absolute atomic E-state index is 6.05. The number of piperazine rings is 1. The summed E-state index contributed by atoms with van der Waals surface area (Å²) in [4.78, 5) is 12.0. The van der Waals surface area contributed by atoms with E-state index in [-0.39, 0.29) is 0 Å². The lowest BCUT2D eigenvalue weighted by molar-refractivity contribution is 0.255. The van der Waals surface area contributed by atoms with Crippen LogP contribution in [0.1, 0.15) is 26.2 Å². The second kappa shape index (κ2) is 11.3. The van der Waals surface area contributed by atoms with Gasteiger partial charge in [-0.25, -0.2) is 0 Å².